The van der Waals surface area contributed by atoms with Crippen LogP contribution in [-0.2, 0) is 4.74 Å². The van der Waals surface area contributed by atoms with E-state index >= 15 is 0 Å². The van der Waals surface area contributed by atoms with Crippen molar-refractivity contribution in [1.29, 1.82) is 0 Å². The summed E-state index contributed by atoms with van der Waals surface area (Å²) >= 11 is 0. The van der Waals surface area contributed by atoms with Gasteiger partial charge in [0.15, 0.2) is 0 Å². The largest absolute Gasteiger partial charge is 0.458 e. The summed E-state index contributed by atoms with van der Waals surface area (Å²) in [5.74, 6) is 0.212. The minimum atomic E-state index is -0.229. The van der Waals surface area contributed by atoms with Gasteiger partial charge in [-0.1, -0.05) is 66.7 Å². The molecular weight excluding hydrogens is 308 g/mol. The lowest BCUT2D eigenvalue weighted by Crippen LogP contribution is -2.38. The van der Waals surface area contributed by atoms with Gasteiger partial charge in [0.2, 0.25) is 0 Å². The Labute approximate surface area is 147 Å². The van der Waals surface area contributed by atoms with E-state index in [1.165, 1.54) is 22.3 Å². The molecule has 3 aliphatic rings. The maximum absolute atomic E-state index is 12.6. The highest BCUT2D eigenvalue weighted by Gasteiger charge is 2.44. The first-order valence-corrected chi connectivity index (χ1v) is 8.76. The van der Waals surface area contributed by atoms with Crippen LogP contribution in [0, 0.1) is 0 Å². The fraction of sp³-hybridized carbons (Fsp3) is 0.174. The van der Waals surface area contributed by atoms with E-state index in [1.54, 1.807) is 0 Å². The van der Waals surface area contributed by atoms with Crippen LogP contribution in [0.4, 0.5) is 0 Å². The van der Waals surface area contributed by atoms with Gasteiger partial charge in [-0.15, -0.1) is 0 Å². The van der Waals surface area contributed by atoms with Crippen molar-refractivity contribution in [3.63, 3.8) is 0 Å². The first kappa shape index (κ1) is 14.5. The molecule has 3 aromatic rings. The Morgan fingerprint density at radius 1 is 0.720 bits per heavy atom. The summed E-state index contributed by atoms with van der Waals surface area (Å²) < 4.78 is 5.99. The van der Waals surface area contributed by atoms with Gasteiger partial charge in [0, 0.05) is 11.8 Å². The highest BCUT2D eigenvalue weighted by atomic mass is 16.5. The van der Waals surface area contributed by atoms with Crippen molar-refractivity contribution in [2.45, 2.75) is 24.4 Å². The number of rotatable bonds is 2. The van der Waals surface area contributed by atoms with Crippen LogP contribution >= 0.6 is 0 Å². The van der Waals surface area contributed by atoms with Gasteiger partial charge in [-0.2, -0.15) is 0 Å². The molecule has 0 aliphatic heterocycles. The Hall–Kier alpha value is -2.87. The first-order valence-electron chi connectivity index (χ1n) is 8.76. The number of carbonyl (C=O) groups excluding carboxylic acids is 1. The molecule has 25 heavy (non-hydrogen) atoms. The maximum Gasteiger partial charge on any atom is 0.338 e. The van der Waals surface area contributed by atoms with Crippen LogP contribution in [0.2, 0.25) is 0 Å². The smallest absolute Gasteiger partial charge is 0.338 e. The zero-order valence-corrected chi connectivity index (χ0v) is 13.8. The topological polar surface area (TPSA) is 26.3 Å². The third-order valence-corrected chi connectivity index (χ3v) is 5.52. The lowest BCUT2D eigenvalue weighted by atomic mass is 9.62. The van der Waals surface area contributed by atoms with Crippen LogP contribution in [0.1, 0.15) is 50.9 Å². The van der Waals surface area contributed by atoms with Crippen LogP contribution < -0.4 is 0 Å². The zero-order chi connectivity index (χ0) is 16.8. The standard InChI is InChI=1S/C23H18O2/c24-23(15-8-2-1-3-9-15)25-21-14-20-16-10-4-6-12-18(16)22(21)19-13-7-5-11-17(19)20/h1-13,20-22H,14H2/t20?,21-,22?/m1/s1. The van der Waals surface area contributed by atoms with E-state index in [1.807, 2.05) is 30.3 Å². The van der Waals surface area contributed by atoms with Gasteiger partial charge in [-0.25, -0.2) is 4.79 Å². The molecule has 122 valence electrons. The lowest BCUT2D eigenvalue weighted by molar-refractivity contribution is 0.0190. The summed E-state index contributed by atoms with van der Waals surface area (Å²) in [4.78, 5) is 12.6. The van der Waals surface area contributed by atoms with Gasteiger partial charge in [-0.05, 0) is 40.8 Å². The van der Waals surface area contributed by atoms with E-state index in [4.69, 9.17) is 4.74 Å². The van der Waals surface area contributed by atoms with Crippen LogP contribution in [0.15, 0.2) is 78.9 Å². The molecule has 0 spiro atoms. The first-order chi connectivity index (χ1) is 12.3. The molecule has 0 heterocycles. The second-order valence-electron chi connectivity index (χ2n) is 6.83. The maximum atomic E-state index is 12.6. The molecule has 1 atom stereocenters. The van der Waals surface area contributed by atoms with Crippen molar-refractivity contribution in [3.05, 3.63) is 107 Å². The number of hydrogen-bond donors (Lipinski definition) is 0. The van der Waals surface area contributed by atoms with E-state index in [-0.39, 0.29) is 18.0 Å². The molecule has 2 bridgehead atoms. The predicted molar refractivity (Wildman–Crippen MR) is 96.8 cm³/mol. The van der Waals surface area contributed by atoms with Crippen LogP contribution in [0.3, 0.4) is 0 Å². The average Bonchev–Trinajstić information content (AvgIpc) is 2.69. The van der Waals surface area contributed by atoms with Gasteiger partial charge in [-0.3, -0.25) is 0 Å². The van der Waals surface area contributed by atoms with Gasteiger partial charge >= 0.3 is 5.97 Å². The number of carbonyl (C=O) groups is 1. The molecule has 0 amide bonds. The molecule has 0 N–H and O–H groups in total. The zero-order valence-electron chi connectivity index (χ0n) is 13.8. The monoisotopic (exact) mass is 326 g/mol. The molecule has 3 aromatic carbocycles. The van der Waals surface area contributed by atoms with Crippen molar-refractivity contribution in [2.24, 2.45) is 0 Å². The molecule has 0 saturated carbocycles. The molecular formula is C23H18O2. The molecule has 0 radical (unpaired) electrons. The van der Waals surface area contributed by atoms with Gasteiger partial charge < -0.3 is 4.74 Å². The van der Waals surface area contributed by atoms with E-state index in [9.17, 15) is 4.79 Å². The highest BCUT2D eigenvalue weighted by molar-refractivity contribution is 5.89. The molecule has 2 nitrogen and oxygen atoms in total. The third kappa shape index (κ3) is 2.21. The summed E-state index contributed by atoms with van der Waals surface area (Å²) in [5, 5.41) is 0. The fourth-order valence-corrected chi connectivity index (χ4v) is 4.48. The van der Waals surface area contributed by atoms with E-state index in [2.05, 4.69) is 48.5 Å². The van der Waals surface area contributed by atoms with Gasteiger partial charge in [0.05, 0.1) is 5.56 Å². The Morgan fingerprint density at radius 2 is 1.24 bits per heavy atom. The molecule has 2 heteroatoms. The molecule has 0 fully saturated rings. The van der Waals surface area contributed by atoms with E-state index in [0.717, 1.165) is 6.42 Å². The Morgan fingerprint density at radius 3 is 1.84 bits per heavy atom. The summed E-state index contributed by atoms with van der Waals surface area (Å²) in [6.45, 7) is 0. The van der Waals surface area contributed by atoms with Crippen LogP contribution in [-0.4, -0.2) is 12.1 Å². The summed E-state index contributed by atoms with van der Waals surface area (Å²) in [5.41, 5.74) is 6.01. The molecule has 0 saturated heterocycles. The second kappa shape index (κ2) is 5.59. The van der Waals surface area contributed by atoms with Crippen molar-refractivity contribution in [1.82, 2.24) is 0 Å². The average molecular weight is 326 g/mol. The normalized spacial score (nSPS) is 22.8. The van der Waals surface area contributed by atoms with Crippen LogP contribution in [0.25, 0.3) is 0 Å². The van der Waals surface area contributed by atoms with Gasteiger partial charge in [0.25, 0.3) is 0 Å². The van der Waals surface area contributed by atoms with Crippen LogP contribution in [0.5, 0.6) is 0 Å². The molecule has 3 aliphatic carbocycles. The minimum absolute atomic E-state index is 0.109. The number of ether oxygens (including phenoxy) is 1. The second-order valence-corrected chi connectivity index (χ2v) is 6.83. The van der Waals surface area contributed by atoms with Crippen molar-refractivity contribution in [3.8, 4) is 0 Å². The Bertz CT molecular complexity index is 898. The van der Waals surface area contributed by atoms with E-state index in [0.29, 0.717) is 11.5 Å². The number of esters is 1. The van der Waals surface area contributed by atoms with Crippen molar-refractivity contribution >= 4 is 5.97 Å². The fourth-order valence-electron chi connectivity index (χ4n) is 4.48. The lowest BCUT2D eigenvalue weighted by Gasteiger charge is -2.44. The number of benzene rings is 3. The Kier molecular flexibility index (Phi) is 3.24. The predicted octanol–water partition coefficient (Wildman–Crippen LogP) is 4.89. The molecule has 6 rings (SSSR count). The summed E-state index contributed by atoms with van der Waals surface area (Å²) in [6.07, 6.45) is 0.750. The Balaban J connectivity index is 1.55. The van der Waals surface area contributed by atoms with E-state index < -0.39 is 0 Å². The summed E-state index contributed by atoms with van der Waals surface area (Å²) in [6, 6.07) is 26.5. The number of hydrogen-bond acceptors (Lipinski definition) is 2. The molecule has 0 aromatic heterocycles. The SMILES string of the molecule is O=C(O[C@@H]1CC2c3ccccc3C1c1ccccc12)c1ccccc1. The third-order valence-electron chi connectivity index (χ3n) is 5.52. The molecule has 0 unspecified atom stereocenters. The summed E-state index contributed by atoms with van der Waals surface area (Å²) in [7, 11) is 0. The van der Waals surface area contributed by atoms with Crippen molar-refractivity contribution < 1.29 is 9.53 Å². The minimum Gasteiger partial charge on any atom is -0.458 e. The van der Waals surface area contributed by atoms with Crippen molar-refractivity contribution in [2.75, 3.05) is 0 Å². The number of fused-ring (bicyclic) bond motifs is 1. The van der Waals surface area contributed by atoms with Gasteiger partial charge in [0.1, 0.15) is 6.10 Å². The quantitative estimate of drug-likeness (QED) is 0.627. The highest BCUT2D eigenvalue weighted by Crippen LogP contribution is 2.53.